The fraction of sp³-hybridized carbons (Fsp3) is 0.417. The first-order valence-electron chi connectivity index (χ1n) is 10.2. The van der Waals surface area contributed by atoms with Gasteiger partial charge in [0.1, 0.15) is 0 Å². The molecule has 30 heavy (non-hydrogen) atoms. The van der Waals surface area contributed by atoms with Gasteiger partial charge < -0.3 is 5.32 Å². The lowest BCUT2D eigenvalue weighted by atomic mass is 9.94. The van der Waals surface area contributed by atoms with Gasteiger partial charge in [-0.1, -0.05) is 45.0 Å². The van der Waals surface area contributed by atoms with Crippen LogP contribution in [0.2, 0.25) is 5.02 Å². The molecule has 0 heterocycles. The topological polar surface area (TPSA) is 12.0 Å². The minimum absolute atomic E-state index is 0.0990. The quantitative estimate of drug-likeness (QED) is 0.422. The summed E-state index contributed by atoms with van der Waals surface area (Å²) in [6.07, 6.45) is 3.67. The number of nitrogens with one attached hydrogen (secondary N) is 1. The highest BCUT2D eigenvalue weighted by molar-refractivity contribution is 8.00. The number of hydrogen-bond acceptors (Lipinski definition) is 2. The Hall–Kier alpha value is -1.59. The summed E-state index contributed by atoms with van der Waals surface area (Å²) in [6.45, 7) is 10.8. The summed E-state index contributed by atoms with van der Waals surface area (Å²) < 4.78 is 40.2. The summed E-state index contributed by atoms with van der Waals surface area (Å²) in [5.74, 6) is -2.04. The van der Waals surface area contributed by atoms with Crippen molar-refractivity contribution in [1.29, 1.82) is 0 Å². The molecule has 0 aromatic heterocycles. The average molecular weight is 454 g/mol. The maximum atomic E-state index is 13.5. The van der Waals surface area contributed by atoms with Crippen LogP contribution in [0.4, 0.5) is 18.9 Å². The van der Waals surface area contributed by atoms with Gasteiger partial charge in [0.05, 0.1) is 5.02 Å². The molecule has 3 unspecified atom stereocenters. The monoisotopic (exact) mass is 453 g/mol. The molecule has 0 saturated heterocycles. The van der Waals surface area contributed by atoms with Crippen LogP contribution in [-0.2, 0) is 0 Å². The zero-order valence-corrected chi connectivity index (χ0v) is 19.0. The Morgan fingerprint density at radius 2 is 1.83 bits per heavy atom. The minimum Gasteiger partial charge on any atom is -0.355 e. The second kappa shape index (κ2) is 9.69. The predicted molar refractivity (Wildman–Crippen MR) is 121 cm³/mol. The second-order valence-electron chi connectivity index (χ2n) is 8.53. The van der Waals surface area contributed by atoms with E-state index in [1.165, 1.54) is 19.3 Å². The third-order valence-corrected chi connectivity index (χ3v) is 7.77. The van der Waals surface area contributed by atoms with Gasteiger partial charge in [0.2, 0.25) is 0 Å². The van der Waals surface area contributed by atoms with E-state index in [0.717, 1.165) is 22.6 Å². The minimum atomic E-state index is -1.49. The van der Waals surface area contributed by atoms with E-state index < -0.39 is 17.5 Å². The van der Waals surface area contributed by atoms with Crippen molar-refractivity contribution in [3.63, 3.8) is 0 Å². The molecular weight excluding hydrogens is 427 g/mol. The molecule has 2 aromatic rings. The average Bonchev–Trinajstić information content (AvgIpc) is 3.00. The Labute approximate surface area is 186 Å². The molecule has 3 atom stereocenters. The summed E-state index contributed by atoms with van der Waals surface area (Å²) in [6, 6.07) is 7.39. The molecule has 0 bridgehead atoms. The van der Waals surface area contributed by atoms with Gasteiger partial charge in [-0.2, -0.15) is 0 Å². The van der Waals surface area contributed by atoms with Crippen molar-refractivity contribution in [1.82, 2.24) is 0 Å². The van der Waals surface area contributed by atoms with E-state index in [1.807, 2.05) is 30.0 Å². The molecule has 1 aliphatic rings. The van der Waals surface area contributed by atoms with E-state index in [2.05, 4.69) is 32.7 Å². The van der Waals surface area contributed by atoms with E-state index in [1.54, 1.807) is 0 Å². The van der Waals surface area contributed by atoms with Crippen molar-refractivity contribution in [2.24, 2.45) is 17.8 Å². The van der Waals surface area contributed by atoms with Crippen LogP contribution in [0.3, 0.4) is 0 Å². The first-order chi connectivity index (χ1) is 14.2. The van der Waals surface area contributed by atoms with Crippen LogP contribution < -0.4 is 5.32 Å². The molecule has 0 spiro atoms. The lowest BCUT2D eigenvalue weighted by Gasteiger charge is -2.24. The molecule has 3 rings (SSSR count). The van der Waals surface area contributed by atoms with Crippen molar-refractivity contribution in [2.45, 2.75) is 50.2 Å². The molecule has 1 N–H and O–H groups in total. The van der Waals surface area contributed by atoms with Gasteiger partial charge in [0.15, 0.2) is 17.5 Å². The van der Waals surface area contributed by atoms with Crippen molar-refractivity contribution in [3.05, 3.63) is 64.9 Å². The summed E-state index contributed by atoms with van der Waals surface area (Å²) in [4.78, 5) is 0.973. The van der Waals surface area contributed by atoms with Crippen LogP contribution in [0, 0.1) is 35.2 Å². The number of hydrogen-bond donors (Lipinski definition) is 1. The Morgan fingerprint density at radius 3 is 2.47 bits per heavy atom. The number of anilines is 1. The smallest absolute Gasteiger partial charge is 0.194 e. The van der Waals surface area contributed by atoms with Crippen LogP contribution in [0.25, 0.3) is 5.70 Å². The fourth-order valence-corrected chi connectivity index (χ4v) is 5.87. The summed E-state index contributed by atoms with van der Waals surface area (Å²) in [5, 5.41) is 4.04. The van der Waals surface area contributed by atoms with Crippen molar-refractivity contribution in [2.75, 3.05) is 5.32 Å². The summed E-state index contributed by atoms with van der Waals surface area (Å²) >= 11 is 8.30. The largest absolute Gasteiger partial charge is 0.355 e. The van der Waals surface area contributed by atoms with Crippen LogP contribution in [0.15, 0.2) is 41.8 Å². The summed E-state index contributed by atoms with van der Waals surface area (Å²) in [7, 11) is 0. The molecule has 2 aromatic carbocycles. The van der Waals surface area contributed by atoms with Gasteiger partial charge in [-0.3, -0.25) is 0 Å². The van der Waals surface area contributed by atoms with Crippen LogP contribution in [0.1, 0.15) is 45.6 Å². The molecule has 0 amide bonds. The van der Waals surface area contributed by atoms with E-state index in [-0.39, 0.29) is 5.69 Å². The highest BCUT2D eigenvalue weighted by Gasteiger charge is 2.34. The van der Waals surface area contributed by atoms with E-state index >= 15 is 0 Å². The maximum absolute atomic E-state index is 13.5. The first-order valence-corrected chi connectivity index (χ1v) is 11.5. The third kappa shape index (κ3) is 5.36. The van der Waals surface area contributed by atoms with Crippen molar-refractivity contribution in [3.8, 4) is 0 Å². The van der Waals surface area contributed by atoms with Gasteiger partial charge in [-0.25, -0.2) is 13.2 Å². The standard InChI is InChI=1S/C24H27ClF3NS/c1-13(2)9-17-6-5-14(3)24(17)30-22-10-16(7-8-19(22)25)15(4)29-18-11-20(26)23(28)21(27)12-18/h7-8,10-14,17,24,29H,4-6,9H2,1-3H3. The predicted octanol–water partition coefficient (Wildman–Crippen LogP) is 8.39. The highest BCUT2D eigenvalue weighted by atomic mass is 35.5. The van der Waals surface area contributed by atoms with Crippen LogP contribution >= 0.6 is 23.4 Å². The Morgan fingerprint density at radius 1 is 1.17 bits per heavy atom. The molecular formula is C24H27ClF3NS. The molecule has 1 saturated carbocycles. The van der Waals surface area contributed by atoms with Gasteiger partial charge in [-0.15, -0.1) is 11.8 Å². The van der Waals surface area contributed by atoms with Crippen LogP contribution in [-0.4, -0.2) is 5.25 Å². The zero-order chi connectivity index (χ0) is 22.0. The molecule has 1 aliphatic carbocycles. The molecule has 6 heteroatoms. The highest BCUT2D eigenvalue weighted by Crippen LogP contribution is 2.47. The first kappa shape index (κ1) is 23.1. The Kier molecular flexibility index (Phi) is 7.46. The lowest BCUT2D eigenvalue weighted by molar-refractivity contribution is 0.417. The molecule has 0 aliphatic heterocycles. The number of rotatable bonds is 7. The van der Waals surface area contributed by atoms with E-state index in [9.17, 15) is 13.2 Å². The second-order valence-corrected chi connectivity index (χ2v) is 10.2. The third-order valence-electron chi connectivity index (χ3n) is 5.61. The van der Waals surface area contributed by atoms with Gasteiger partial charge in [0, 0.05) is 33.7 Å². The Balaban J connectivity index is 1.78. The molecule has 1 nitrogen and oxygen atoms in total. The van der Waals surface area contributed by atoms with E-state index in [4.69, 9.17) is 11.6 Å². The number of benzene rings is 2. The fourth-order valence-electron chi connectivity index (χ4n) is 4.14. The van der Waals surface area contributed by atoms with Crippen LogP contribution in [0.5, 0.6) is 0 Å². The van der Waals surface area contributed by atoms with Gasteiger partial charge >= 0.3 is 0 Å². The Bertz CT molecular complexity index is 908. The van der Waals surface area contributed by atoms with E-state index in [0.29, 0.717) is 33.7 Å². The van der Waals surface area contributed by atoms with Crippen molar-refractivity contribution >= 4 is 34.7 Å². The molecule has 0 radical (unpaired) electrons. The molecule has 162 valence electrons. The molecule has 1 fully saturated rings. The normalized spacial score (nSPS) is 21.3. The zero-order valence-electron chi connectivity index (χ0n) is 17.4. The lowest BCUT2D eigenvalue weighted by Crippen LogP contribution is -2.17. The van der Waals surface area contributed by atoms with Gasteiger partial charge in [-0.05, 0) is 54.7 Å². The number of thioether (sulfide) groups is 1. The maximum Gasteiger partial charge on any atom is 0.194 e. The SMILES string of the molecule is C=C(Nc1cc(F)c(F)c(F)c1)c1ccc(Cl)c(SC2C(C)CCC2CC(C)C)c1. The number of halogens is 4. The van der Waals surface area contributed by atoms with Crippen molar-refractivity contribution < 1.29 is 13.2 Å². The summed E-state index contributed by atoms with van der Waals surface area (Å²) in [5.41, 5.74) is 1.32. The van der Waals surface area contributed by atoms with Gasteiger partial charge in [0.25, 0.3) is 0 Å².